The Hall–Kier alpha value is -2.57. The zero-order chi connectivity index (χ0) is 15.9. The van der Waals surface area contributed by atoms with E-state index < -0.39 is 11.7 Å². The molecular formula is C15H13F3N4. The van der Waals surface area contributed by atoms with Gasteiger partial charge in [-0.15, -0.1) is 0 Å². The normalized spacial score (nSPS) is 12.0. The van der Waals surface area contributed by atoms with Crippen LogP contribution in [-0.2, 0) is 12.7 Å². The maximum Gasteiger partial charge on any atom is 0.417 e. The molecule has 2 N–H and O–H groups in total. The van der Waals surface area contributed by atoms with Gasteiger partial charge in [0.2, 0.25) is 0 Å². The van der Waals surface area contributed by atoms with Gasteiger partial charge in [0.15, 0.2) is 0 Å². The summed E-state index contributed by atoms with van der Waals surface area (Å²) >= 11 is 0. The van der Waals surface area contributed by atoms with Crippen molar-refractivity contribution >= 4 is 16.6 Å². The highest BCUT2D eigenvalue weighted by molar-refractivity contribution is 5.92. The van der Waals surface area contributed by atoms with E-state index >= 15 is 0 Å². The van der Waals surface area contributed by atoms with E-state index in [9.17, 15) is 13.2 Å². The molecule has 0 aliphatic heterocycles. The standard InChI is InChI=1S/C15H13F3N4/c1-9-14-12(19)3-2-4-13(14)22(21-9)8-11-6-5-10(7-20-11)15(16,17)18/h2-7H,8,19H2,1H3. The number of nitrogens with two attached hydrogens (primary N) is 1. The molecule has 22 heavy (non-hydrogen) atoms. The molecule has 0 saturated heterocycles. The van der Waals surface area contributed by atoms with E-state index in [4.69, 9.17) is 5.73 Å². The van der Waals surface area contributed by atoms with Crippen molar-refractivity contribution in [3.8, 4) is 0 Å². The first-order valence-electron chi connectivity index (χ1n) is 6.60. The lowest BCUT2D eigenvalue weighted by atomic mass is 10.2. The van der Waals surface area contributed by atoms with Crippen LogP contribution in [0, 0.1) is 6.92 Å². The van der Waals surface area contributed by atoms with E-state index in [2.05, 4.69) is 10.1 Å². The lowest BCUT2D eigenvalue weighted by Crippen LogP contribution is -2.08. The number of nitrogen functional groups attached to an aromatic ring is 1. The van der Waals surface area contributed by atoms with Gasteiger partial charge in [-0.2, -0.15) is 18.3 Å². The smallest absolute Gasteiger partial charge is 0.398 e. The molecule has 0 fully saturated rings. The highest BCUT2D eigenvalue weighted by atomic mass is 19.4. The number of halogens is 3. The van der Waals surface area contributed by atoms with Crippen LogP contribution in [0.4, 0.5) is 18.9 Å². The van der Waals surface area contributed by atoms with Crippen LogP contribution in [0.5, 0.6) is 0 Å². The summed E-state index contributed by atoms with van der Waals surface area (Å²) in [6.07, 6.45) is -3.54. The van der Waals surface area contributed by atoms with Gasteiger partial charge in [0.1, 0.15) is 0 Å². The zero-order valence-electron chi connectivity index (χ0n) is 11.7. The average molecular weight is 306 g/mol. The van der Waals surface area contributed by atoms with E-state index in [0.717, 1.165) is 28.9 Å². The molecule has 0 spiro atoms. The van der Waals surface area contributed by atoms with Crippen LogP contribution in [0.1, 0.15) is 17.0 Å². The molecule has 0 radical (unpaired) electrons. The van der Waals surface area contributed by atoms with Gasteiger partial charge in [0.25, 0.3) is 0 Å². The SMILES string of the molecule is Cc1nn(Cc2ccc(C(F)(F)F)cn2)c2cccc(N)c12. The molecule has 1 aromatic carbocycles. The topological polar surface area (TPSA) is 56.7 Å². The maximum atomic E-state index is 12.5. The fourth-order valence-corrected chi connectivity index (χ4v) is 2.41. The van der Waals surface area contributed by atoms with Crippen LogP contribution in [0.3, 0.4) is 0 Å². The highest BCUT2D eigenvalue weighted by Gasteiger charge is 2.30. The zero-order valence-corrected chi connectivity index (χ0v) is 11.7. The number of hydrogen-bond acceptors (Lipinski definition) is 3. The number of pyridine rings is 1. The second kappa shape index (κ2) is 5.01. The van der Waals surface area contributed by atoms with Crippen molar-refractivity contribution in [1.82, 2.24) is 14.8 Å². The van der Waals surface area contributed by atoms with Gasteiger partial charge in [-0.25, -0.2) is 0 Å². The third-order valence-corrected chi connectivity index (χ3v) is 3.45. The van der Waals surface area contributed by atoms with Crippen molar-refractivity contribution in [2.24, 2.45) is 0 Å². The Morgan fingerprint density at radius 1 is 1.18 bits per heavy atom. The van der Waals surface area contributed by atoms with Crippen molar-refractivity contribution in [2.45, 2.75) is 19.6 Å². The van der Waals surface area contributed by atoms with E-state index in [1.807, 2.05) is 19.1 Å². The van der Waals surface area contributed by atoms with Crippen molar-refractivity contribution in [3.63, 3.8) is 0 Å². The van der Waals surface area contributed by atoms with Crippen LogP contribution in [0.15, 0.2) is 36.5 Å². The largest absolute Gasteiger partial charge is 0.417 e. The molecule has 0 aliphatic rings. The summed E-state index contributed by atoms with van der Waals surface area (Å²) in [6, 6.07) is 7.86. The van der Waals surface area contributed by atoms with Gasteiger partial charge < -0.3 is 5.73 Å². The summed E-state index contributed by atoms with van der Waals surface area (Å²) in [5.74, 6) is 0. The summed E-state index contributed by atoms with van der Waals surface area (Å²) in [4.78, 5) is 3.87. The molecule has 0 unspecified atom stereocenters. The number of benzene rings is 1. The predicted molar refractivity (Wildman–Crippen MR) is 77.2 cm³/mol. The molecule has 7 heteroatoms. The predicted octanol–water partition coefficient (Wildman–Crippen LogP) is 3.39. The van der Waals surface area contributed by atoms with Crippen molar-refractivity contribution in [2.75, 3.05) is 5.73 Å². The quantitative estimate of drug-likeness (QED) is 0.738. The molecule has 0 bridgehead atoms. The summed E-state index contributed by atoms with van der Waals surface area (Å²) < 4.78 is 39.3. The number of alkyl halides is 3. The molecule has 0 atom stereocenters. The first-order valence-corrected chi connectivity index (χ1v) is 6.60. The summed E-state index contributed by atoms with van der Waals surface area (Å²) in [7, 11) is 0. The average Bonchev–Trinajstić information content (AvgIpc) is 2.76. The molecule has 3 rings (SSSR count). The third kappa shape index (κ3) is 2.49. The molecule has 0 amide bonds. The van der Waals surface area contributed by atoms with Crippen molar-refractivity contribution in [3.05, 3.63) is 53.5 Å². The van der Waals surface area contributed by atoms with E-state index in [0.29, 0.717) is 11.4 Å². The Labute approximate surface area is 124 Å². The van der Waals surface area contributed by atoms with Gasteiger partial charge in [0.05, 0.1) is 29.0 Å². The van der Waals surface area contributed by atoms with Gasteiger partial charge in [-0.1, -0.05) is 6.07 Å². The fourth-order valence-electron chi connectivity index (χ4n) is 2.41. The minimum Gasteiger partial charge on any atom is -0.398 e. The van der Waals surface area contributed by atoms with Crippen molar-refractivity contribution in [1.29, 1.82) is 0 Å². The van der Waals surface area contributed by atoms with E-state index in [1.54, 1.807) is 10.7 Å². The number of aromatic nitrogens is 3. The number of anilines is 1. The summed E-state index contributed by atoms with van der Waals surface area (Å²) in [6.45, 7) is 2.13. The lowest BCUT2D eigenvalue weighted by molar-refractivity contribution is -0.137. The molecule has 3 aromatic rings. The molecular weight excluding hydrogens is 293 g/mol. The molecule has 4 nitrogen and oxygen atoms in total. The fraction of sp³-hybridized carbons (Fsp3) is 0.200. The maximum absolute atomic E-state index is 12.5. The minimum atomic E-state index is -4.38. The van der Waals surface area contributed by atoms with Gasteiger partial charge in [-0.3, -0.25) is 9.67 Å². The number of hydrogen-bond donors (Lipinski definition) is 1. The van der Waals surface area contributed by atoms with E-state index in [-0.39, 0.29) is 6.54 Å². The number of aryl methyl sites for hydroxylation is 1. The molecule has 0 saturated carbocycles. The van der Waals surface area contributed by atoms with Crippen LogP contribution in [0.25, 0.3) is 10.9 Å². The third-order valence-electron chi connectivity index (χ3n) is 3.45. The van der Waals surface area contributed by atoms with Crippen LogP contribution >= 0.6 is 0 Å². The Kier molecular flexibility index (Phi) is 3.27. The Balaban J connectivity index is 1.95. The first-order chi connectivity index (χ1) is 10.4. The van der Waals surface area contributed by atoms with Gasteiger partial charge >= 0.3 is 6.18 Å². The molecule has 114 valence electrons. The highest BCUT2D eigenvalue weighted by Crippen LogP contribution is 2.29. The number of nitrogens with zero attached hydrogens (tertiary/aromatic N) is 3. The van der Waals surface area contributed by atoms with Crippen LogP contribution < -0.4 is 5.73 Å². The van der Waals surface area contributed by atoms with E-state index in [1.165, 1.54) is 6.07 Å². The Bertz CT molecular complexity index is 819. The summed E-state index contributed by atoms with van der Waals surface area (Å²) in [5, 5.41) is 5.25. The molecule has 2 aromatic heterocycles. The minimum absolute atomic E-state index is 0.284. The monoisotopic (exact) mass is 306 g/mol. The second-order valence-corrected chi connectivity index (χ2v) is 5.02. The number of rotatable bonds is 2. The van der Waals surface area contributed by atoms with Crippen molar-refractivity contribution < 1.29 is 13.2 Å². The van der Waals surface area contributed by atoms with Crippen LogP contribution in [0.2, 0.25) is 0 Å². The Morgan fingerprint density at radius 3 is 2.59 bits per heavy atom. The number of fused-ring (bicyclic) bond motifs is 1. The lowest BCUT2D eigenvalue weighted by Gasteiger charge is -2.07. The Morgan fingerprint density at radius 2 is 1.95 bits per heavy atom. The second-order valence-electron chi connectivity index (χ2n) is 5.02. The van der Waals surface area contributed by atoms with Crippen LogP contribution in [-0.4, -0.2) is 14.8 Å². The summed E-state index contributed by atoms with van der Waals surface area (Å²) in [5.41, 5.74) is 7.91. The van der Waals surface area contributed by atoms with Gasteiger partial charge in [0, 0.05) is 17.3 Å². The molecule has 2 heterocycles. The molecule has 0 aliphatic carbocycles. The van der Waals surface area contributed by atoms with Gasteiger partial charge in [-0.05, 0) is 31.2 Å². The first kappa shape index (κ1) is 14.4.